The van der Waals surface area contributed by atoms with Crippen LogP contribution in [0.1, 0.15) is 29.1 Å². The number of thiophene rings is 1. The summed E-state index contributed by atoms with van der Waals surface area (Å²) < 4.78 is 5.56. The predicted molar refractivity (Wildman–Crippen MR) is 72.5 cm³/mol. The zero-order valence-corrected chi connectivity index (χ0v) is 11.5. The van der Waals surface area contributed by atoms with Crippen LogP contribution >= 0.6 is 11.3 Å². The summed E-state index contributed by atoms with van der Waals surface area (Å²) in [6, 6.07) is 5.28. The molecule has 2 N–H and O–H groups in total. The third-order valence-electron chi connectivity index (χ3n) is 3.46. The first-order valence-electron chi connectivity index (χ1n) is 6.36. The molecule has 17 heavy (non-hydrogen) atoms. The Morgan fingerprint density at radius 2 is 2.41 bits per heavy atom. The van der Waals surface area contributed by atoms with Gasteiger partial charge in [-0.1, -0.05) is 6.92 Å². The molecule has 0 aliphatic carbocycles. The molecule has 2 heterocycles. The van der Waals surface area contributed by atoms with Crippen molar-refractivity contribution in [3.8, 4) is 0 Å². The lowest BCUT2D eigenvalue weighted by atomic mass is 10.1. The van der Waals surface area contributed by atoms with Gasteiger partial charge in [-0.15, -0.1) is 11.3 Å². The molecular weight excluding hydrogens is 232 g/mol. The Kier molecular flexibility index (Phi) is 4.56. The number of ether oxygens (including phenoxy) is 1. The monoisotopic (exact) mass is 254 g/mol. The van der Waals surface area contributed by atoms with Crippen molar-refractivity contribution in [2.45, 2.75) is 32.4 Å². The van der Waals surface area contributed by atoms with Crippen molar-refractivity contribution in [3.05, 3.63) is 21.9 Å². The zero-order chi connectivity index (χ0) is 12.3. The topological polar surface area (TPSA) is 38.5 Å². The minimum Gasteiger partial charge on any atom is -0.378 e. The SMILES string of the molecule is CCC1COCCN1C(CN)c1ccc(C)s1. The van der Waals surface area contributed by atoms with Crippen LogP contribution in [0.2, 0.25) is 0 Å². The van der Waals surface area contributed by atoms with Crippen LogP contribution in [0.25, 0.3) is 0 Å². The van der Waals surface area contributed by atoms with Gasteiger partial charge in [0.1, 0.15) is 0 Å². The van der Waals surface area contributed by atoms with Crippen LogP contribution in [0.4, 0.5) is 0 Å². The summed E-state index contributed by atoms with van der Waals surface area (Å²) in [4.78, 5) is 5.28. The summed E-state index contributed by atoms with van der Waals surface area (Å²) in [5.74, 6) is 0. The molecule has 0 radical (unpaired) electrons. The molecule has 4 heteroatoms. The number of hydrogen-bond acceptors (Lipinski definition) is 4. The highest BCUT2D eigenvalue weighted by molar-refractivity contribution is 7.12. The Bertz CT molecular complexity index is 353. The molecule has 96 valence electrons. The van der Waals surface area contributed by atoms with E-state index in [-0.39, 0.29) is 0 Å². The number of hydrogen-bond donors (Lipinski definition) is 1. The van der Waals surface area contributed by atoms with Gasteiger partial charge in [-0.2, -0.15) is 0 Å². The molecule has 1 aromatic rings. The highest BCUT2D eigenvalue weighted by Gasteiger charge is 2.29. The van der Waals surface area contributed by atoms with Crippen molar-refractivity contribution in [2.24, 2.45) is 5.73 Å². The lowest BCUT2D eigenvalue weighted by Gasteiger charge is -2.40. The fourth-order valence-corrected chi connectivity index (χ4v) is 3.49. The first kappa shape index (κ1) is 13.0. The van der Waals surface area contributed by atoms with Crippen LogP contribution in [-0.4, -0.2) is 37.2 Å². The van der Waals surface area contributed by atoms with E-state index >= 15 is 0 Å². The molecule has 1 fully saturated rings. The number of aryl methyl sites for hydroxylation is 1. The number of rotatable bonds is 4. The van der Waals surface area contributed by atoms with Crippen LogP contribution in [0.3, 0.4) is 0 Å². The standard InChI is InChI=1S/C13H22N2OS/c1-3-11-9-16-7-6-15(11)12(8-14)13-5-4-10(2)17-13/h4-5,11-12H,3,6-9,14H2,1-2H3. The summed E-state index contributed by atoms with van der Waals surface area (Å²) in [5, 5.41) is 0. The van der Waals surface area contributed by atoms with E-state index in [2.05, 4.69) is 30.9 Å². The van der Waals surface area contributed by atoms with Gasteiger partial charge >= 0.3 is 0 Å². The van der Waals surface area contributed by atoms with Crippen molar-refractivity contribution < 1.29 is 4.74 Å². The average Bonchev–Trinajstić information content (AvgIpc) is 2.77. The van der Waals surface area contributed by atoms with Crippen LogP contribution in [-0.2, 0) is 4.74 Å². The van der Waals surface area contributed by atoms with Crippen molar-refractivity contribution in [3.63, 3.8) is 0 Å². The quantitative estimate of drug-likeness (QED) is 0.895. The molecule has 2 rings (SSSR count). The largest absolute Gasteiger partial charge is 0.378 e. The van der Waals surface area contributed by atoms with Gasteiger partial charge in [0.15, 0.2) is 0 Å². The highest BCUT2D eigenvalue weighted by atomic mass is 32.1. The number of morpholine rings is 1. The van der Waals surface area contributed by atoms with E-state index < -0.39 is 0 Å². The molecule has 1 aromatic heterocycles. The summed E-state index contributed by atoms with van der Waals surface area (Å²) >= 11 is 1.86. The summed E-state index contributed by atoms with van der Waals surface area (Å²) in [6.07, 6.45) is 1.13. The normalized spacial score (nSPS) is 23.8. The number of nitrogens with two attached hydrogens (primary N) is 1. The molecule has 0 amide bonds. The second kappa shape index (κ2) is 5.96. The van der Waals surface area contributed by atoms with Crippen LogP contribution < -0.4 is 5.73 Å². The van der Waals surface area contributed by atoms with Gasteiger partial charge in [-0.25, -0.2) is 0 Å². The Morgan fingerprint density at radius 1 is 1.59 bits per heavy atom. The average molecular weight is 254 g/mol. The third-order valence-corrected chi connectivity index (χ3v) is 4.56. The van der Waals surface area contributed by atoms with Crippen molar-refractivity contribution in [1.82, 2.24) is 4.90 Å². The van der Waals surface area contributed by atoms with E-state index in [0.717, 1.165) is 26.2 Å². The molecule has 0 bridgehead atoms. The minimum absolute atomic E-state index is 0.363. The smallest absolute Gasteiger partial charge is 0.0622 e. The maximum Gasteiger partial charge on any atom is 0.0622 e. The second-order valence-corrected chi connectivity index (χ2v) is 5.89. The van der Waals surface area contributed by atoms with Crippen LogP contribution in [0.15, 0.2) is 12.1 Å². The minimum atomic E-state index is 0.363. The third kappa shape index (κ3) is 2.88. The fraction of sp³-hybridized carbons (Fsp3) is 0.692. The molecule has 0 saturated carbocycles. The first-order chi connectivity index (χ1) is 8.26. The van der Waals surface area contributed by atoms with Crippen molar-refractivity contribution >= 4 is 11.3 Å². The Balaban J connectivity index is 2.16. The molecule has 1 aliphatic heterocycles. The van der Waals surface area contributed by atoms with Gasteiger partial charge in [0.05, 0.1) is 19.3 Å². The lowest BCUT2D eigenvalue weighted by Crippen LogP contribution is -2.48. The molecule has 2 atom stereocenters. The van der Waals surface area contributed by atoms with Crippen molar-refractivity contribution in [1.29, 1.82) is 0 Å². The molecule has 3 nitrogen and oxygen atoms in total. The van der Waals surface area contributed by atoms with Gasteiger partial charge < -0.3 is 10.5 Å². The van der Waals surface area contributed by atoms with Gasteiger partial charge in [-0.3, -0.25) is 4.90 Å². The van der Waals surface area contributed by atoms with Gasteiger partial charge in [0.25, 0.3) is 0 Å². The maximum atomic E-state index is 5.99. The summed E-state index contributed by atoms with van der Waals surface area (Å²) in [7, 11) is 0. The van der Waals surface area contributed by atoms with Crippen molar-refractivity contribution in [2.75, 3.05) is 26.3 Å². The van der Waals surface area contributed by atoms with Gasteiger partial charge in [-0.05, 0) is 25.5 Å². The second-order valence-electron chi connectivity index (χ2n) is 4.57. The van der Waals surface area contributed by atoms with Crippen LogP contribution in [0.5, 0.6) is 0 Å². The van der Waals surface area contributed by atoms with E-state index in [9.17, 15) is 0 Å². The Hall–Kier alpha value is -0.420. The van der Waals surface area contributed by atoms with Crippen LogP contribution in [0, 0.1) is 6.92 Å². The lowest BCUT2D eigenvalue weighted by molar-refractivity contribution is -0.0284. The van der Waals surface area contributed by atoms with Gasteiger partial charge in [0, 0.05) is 28.9 Å². The predicted octanol–water partition coefficient (Wildman–Crippen LogP) is 2.17. The molecule has 1 aliphatic rings. The van der Waals surface area contributed by atoms with E-state index in [1.165, 1.54) is 9.75 Å². The Labute approximate surface area is 108 Å². The molecule has 2 unspecified atom stereocenters. The van der Waals surface area contributed by atoms with E-state index in [4.69, 9.17) is 10.5 Å². The molecule has 0 aromatic carbocycles. The summed E-state index contributed by atoms with van der Waals surface area (Å²) in [5.41, 5.74) is 5.99. The summed E-state index contributed by atoms with van der Waals surface area (Å²) in [6.45, 7) is 7.74. The van der Waals surface area contributed by atoms with E-state index in [1.807, 2.05) is 11.3 Å². The zero-order valence-electron chi connectivity index (χ0n) is 10.7. The fourth-order valence-electron chi connectivity index (χ4n) is 2.48. The maximum absolute atomic E-state index is 5.99. The molecule has 0 spiro atoms. The highest BCUT2D eigenvalue weighted by Crippen LogP contribution is 2.30. The van der Waals surface area contributed by atoms with E-state index in [1.54, 1.807) is 0 Å². The van der Waals surface area contributed by atoms with Gasteiger partial charge in [0.2, 0.25) is 0 Å². The number of nitrogens with zero attached hydrogens (tertiary/aromatic N) is 1. The first-order valence-corrected chi connectivity index (χ1v) is 7.17. The van der Waals surface area contributed by atoms with E-state index in [0.29, 0.717) is 18.6 Å². The molecule has 1 saturated heterocycles. The molecular formula is C13H22N2OS. The Morgan fingerprint density at radius 3 is 3.00 bits per heavy atom.